The number of rotatable bonds is 5. The first-order valence-corrected chi connectivity index (χ1v) is 8.80. The molecule has 1 aliphatic rings. The normalized spacial score (nSPS) is 17.0. The lowest BCUT2D eigenvalue weighted by molar-refractivity contribution is -0.128. The molecule has 1 heterocycles. The fourth-order valence-corrected chi connectivity index (χ4v) is 3.22. The number of halogens is 1. The molecule has 1 aliphatic heterocycles. The molecule has 25 heavy (non-hydrogen) atoms. The average molecular weight is 357 g/mol. The molecule has 0 spiro atoms. The number of hydrogen-bond donors (Lipinski definition) is 1. The van der Waals surface area contributed by atoms with E-state index in [1.165, 1.54) is 5.56 Å². The summed E-state index contributed by atoms with van der Waals surface area (Å²) in [5, 5.41) is 3.52. The minimum Gasteiger partial charge on any atom is -0.342 e. The molecule has 3 rings (SSSR count). The summed E-state index contributed by atoms with van der Waals surface area (Å²) in [5.74, 6) is -0.401. The zero-order valence-corrected chi connectivity index (χ0v) is 14.9. The van der Waals surface area contributed by atoms with Crippen LogP contribution in [-0.2, 0) is 16.0 Å². The first-order chi connectivity index (χ1) is 12.0. The summed E-state index contributed by atoms with van der Waals surface area (Å²) in [4.78, 5) is 26.5. The van der Waals surface area contributed by atoms with Gasteiger partial charge in [0.1, 0.15) is 0 Å². The standard InChI is InChI=1S/C20H21ClN2O2/c1-14-17(21)8-5-9-18(14)22-20(25)16-12-19(24)23(13-16)11-10-15-6-3-2-4-7-15/h2-9,16H,10-13H2,1H3,(H,22,25)/t16-/m0/s1. The molecule has 2 aromatic rings. The van der Waals surface area contributed by atoms with Crippen LogP contribution in [0.4, 0.5) is 5.69 Å². The van der Waals surface area contributed by atoms with E-state index in [0.717, 1.165) is 12.0 Å². The van der Waals surface area contributed by atoms with Crippen molar-refractivity contribution >= 4 is 29.1 Å². The second-order valence-electron chi connectivity index (χ2n) is 6.38. The first kappa shape index (κ1) is 17.5. The van der Waals surface area contributed by atoms with Gasteiger partial charge in [0.05, 0.1) is 5.92 Å². The summed E-state index contributed by atoms with van der Waals surface area (Å²) in [6.45, 7) is 2.98. The van der Waals surface area contributed by atoms with E-state index < -0.39 is 0 Å². The van der Waals surface area contributed by atoms with Gasteiger partial charge in [0.2, 0.25) is 11.8 Å². The molecule has 0 radical (unpaired) electrons. The van der Waals surface area contributed by atoms with Crippen LogP contribution in [0.5, 0.6) is 0 Å². The van der Waals surface area contributed by atoms with E-state index in [-0.39, 0.29) is 24.2 Å². The number of carbonyl (C=O) groups is 2. The molecular weight excluding hydrogens is 336 g/mol. The Morgan fingerprint density at radius 3 is 2.72 bits per heavy atom. The van der Waals surface area contributed by atoms with E-state index in [1.807, 2.05) is 43.3 Å². The lowest BCUT2D eigenvalue weighted by Crippen LogP contribution is -2.30. The number of nitrogens with zero attached hydrogens (tertiary/aromatic N) is 1. The van der Waals surface area contributed by atoms with Gasteiger partial charge in [0.15, 0.2) is 0 Å². The summed E-state index contributed by atoms with van der Waals surface area (Å²) in [7, 11) is 0. The zero-order valence-electron chi connectivity index (χ0n) is 14.2. The quantitative estimate of drug-likeness (QED) is 0.888. The average Bonchev–Trinajstić information content (AvgIpc) is 2.99. The van der Waals surface area contributed by atoms with Crippen LogP contribution in [0.1, 0.15) is 17.5 Å². The number of likely N-dealkylation sites (tertiary alicyclic amines) is 1. The number of nitrogens with one attached hydrogen (secondary N) is 1. The smallest absolute Gasteiger partial charge is 0.229 e. The second kappa shape index (κ2) is 7.70. The maximum Gasteiger partial charge on any atom is 0.229 e. The van der Waals surface area contributed by atoms with E-state index in [4.69, 9.17) is 11.6 Å². The second-order valence-corrected chi connectivity index (χ2v) is 6.79. The molecular formula is C20H21ClN2O2. The maximum atomic E-state index is 12.5. The van der Waals surface area contributed by atoms with Gasteiger partial charge in [-0.3, -0.25) is 9.59 Å². The molecule has 0 aliphatic carbocycles. The van der Waals surface area contributed by atoms with Gasteiger partial charge in [-0.15, -0.1) is 0 Å². The largest absolute Gasteiger partial charge is 0.342 e. The van der Waals surface area contributed by atoms with Crippen molar-refractivity contribution in [2.24, 2.45) is 5.92 Å². The van der Waals surface area contributed by atoms with Crippen LogP contribution in [0, 0.1) is 12.8 Å². The Morgan fingerprint density at radius 1 is 1.20 bits per heavy atom. The van der Waals surface area contributed by atoms with Crippen LogP contribution in [0.15, 0.2) is 48.5 Å². The first-order valence-electron chi connectivity index (χ1n) is 8.42. The number of amides is 2. The fourth-order valence-electron chi connectivity index (χ4n) is 3.05. The van der Waals surface area contributed by atoms with Crippen molar-refractivity contribution in [1.29, 1.82) is 0 Å². The van der Waals surface area contributed by atoms with Gasteiger partial charge in [-0.25, -0.2) is 0 Å². The van der Waals surface area contributed by atoms with Crippen molar-refractivity contribution in [3.63, 3.8) is 0 Å². The van der Waals surface area contributed by atoms with Crippen LogP contribution in [0.25, 0.3) is 0 Å². The third-order valence-corrected chi connectivity index (χ3v) is 5.03. The molecule has 4 nitrogen and oxygen atoms in total. The lowest BCUT2D eigenvalue weighted by atomic mass is 10.1. The van der Waals surface area contributed by atoms with Crippen molar-refractivity contribution in [1.82, 2.24) is 4.90 Å². The number of benzene rings is 2. The highest BCUT2D eigenvalue weighted by atomic mass is 35.5. The predicted octanol–water partition coefficient (Wildman–Crippen LogP) is 3.68. The minimum absolute atomic E-state index is 0.0406. The van der Waals surface area contributed by atoms with Crippen molar-refractivity contribution in [3.8, 4) is 0 Å². The summed E-state index contributed by atoms with van der Waals surface area (Å²) < 4.78 is 0. The molecule has 0 bridgehead atoms. The molecule has 1 N–H and O–H groups in total. The van der Waals surface area contributed by atoms with Gasteiger partial charge in [-0.1, -0.05) is 48.0 Å². The molecule has 0 aromatic heterocycles. The predicted molar refractivity (Wildman–Crippen MR) is 99.7 cm³/mol. The summed E-state index contributed by atoms with van der Waals surface area (Å²) in [6.07, 6.45) is 1.06. The third-order valence-electron chi connectivity index (χ3n) is 4.62. The molecule has 130 valence electrons. The van der Waals surface area contributed by atoms with Crippen molar-refractivity contribution in [3.05, 3.63) is 64.7 Å². The monoisotopic (exact) mass is 356 g/mol. The van der Waals surface area contributed by atoms with E-state index in [1.54, 1.807) is 17.0 Å². The molecule has 1 fully saturated rings. The Balaban J connectivity index is 1.58. The van der Waals surface area contributed by atoms with Gasteiger partial charge >= 0.3 is 0 Å². The van der Waals surface area contributed by atoms with E-state index in [2.05, 4.69) is 5.32 Å². The number of carbonyl (C=O) groups excluding carboxylic acids is 2. The zero-order chi connectivity index (χ0) is 17.8. The van der Waals surface area contributed by atoms with Crippen LogP contribution < -0.4 is 5.32 Å². The fraction of sp³-hybridized carbons (Fsp3) is 0.300. The Bertz CT molecular complexity index is 777. The highest BCUT2D eigenvalue weighted by Gasteiger charge is 2.34. The summed E-state index contributed by atoms with van der Waals surface area (Å²) in [5.41, 5.74) is 2.73. The maximum absolute atomic E-state index is 12.5. The van der Waals surface area contributed by atoms with Gasteiger partial charge in [-0.2, -0.15) is 0 Å². The van der Waals surface area contributed by atoms with Crippen LogP contribution >= 0.6 is 11.6 Å². The van der Waals surface area contributed by atoms with Gasteiger partial charge in [0, 0.05) is 30.2 Å². The lowest BCUT2D eigenvalue weighted by Gasteiger charge is -2.17. The van der Waals surface area contributed by atoms with Crippen molar-refractivity contribution in [2.75, 3.05) is 18.4 Å². The minimum atomic E-state index is -0.318. The Labute approximate surface area is 152 Å². The summed E-state index contributed by atoms with van der Waals surface area (Å²) >= 11 is 6.09. The number of anilines is 1. The Hall–Kier alpha value is -2.33. The van der Waals surface area contributed by atoms with Crippen LogP contribution in [-0.4, -0.2) is 29.8 Å². The van der Waals surface area contributed by atoms with Crippen molar-refractivity contribution < 1.29 is 9.59 Å². The highest BCUT2D eigenvalue weighted by Crippen LogP contribution is 2.25. The molecule has 1 atom stereocenters. The molecule has 2 aromatic carbocycles. The SMILES string of the molecule is Cc1c(Cl)cccc1NC(=O)[C@H]1CC(=O)N(CCc2ccccc2)C1. The molecule has 2 amide bonds. The summed E-state index contributed by atoms with van der Waals surface area (Å²) in [6, 6.07) is 15.5. The van der Waals surface area contributed by atoms with Gasteiger partial charge in [-0.05, 0) is 36.6 Å². The van der Waals surface area contributed by atoms with Gasteiger partial charge < -0.3 is 10.2 Å². The Kier molecular flexibility index (Phi) is 5.39. The molecule has 5 heteroatoms. The van der Waals surface area contributed by atoms with Crippen LogP contribution in [0.3, 0.4) is 0 Å². The molecule has 0 saturated carbocycles. The molecule has 0 unspecified atom stereocenters. The number of hydrogen-bond acceptors (Lipinski definition) is 2. The van der Waals surface area contributed by atoms with Gasteiger partial charge in [0.25, 0.3) is 0 Å². The highest BCUT2D eigenvalue weighted by molar-refractivity contribution is 6.31. The van der Waals surface area contributed by atoms with E-state index in [9.17, 15) is 9.59 Å². The third kappa shape index (κ3) is 4.20. The van der Waals surface area contributed by atoms with Crippen molar-refractivity contribution in [2.45, 2.75) is 19.8 Å². The van der Waals surface area contributed by atoms with E-state index >= 15 is 0 Å². The Morgan fingerprint density at radius 2 is 1.96 bits per heavy atom. The van der Waals surface area contributed by atoms with E-state index in [0.29, 0.717) is 23.8 Å². The topological polar surface area (TPSA) is 49.4 Å². The van der Waals surface area contributed by atoms with Crippen LogP contribution in [0.2, 0.25) is 5.02 Å². The molecule has 1 saturated heterocycles.